The van der Waals surface area contributed by atoms with E-state index >= 15 is 0 Å². The molecule has 0 aliphatic heterocycles. The maximum Gasteiger partial charge on any atom is 0.330 e. The highest BCUT2D eigenvalue weighted by Gasteiger charge is 2.23. The molecule has 0 unspecified atom stereocenters. The first kappa shape index (κ1) is 36.6. The average molecular weight is 559 g/mol. The van der Waals surface area contributed by atoms with Crippen molar-refractivity contribution in [2.45, 2.75) is 122 Å². The Morgan fingerprint density at radius 3 is 1.29 bits per heavy atom. The summed E-state index contributed by atoms with van der Waals surface area (Å²) in [6.45, 7) is 10.8. The molecule has 0 aromatic rings. The molecule has 0 aromatic carbocycles. The van der Waals surface area contributed by atoms with Crippen molar-refractivity contribution in [3.63, 3.8) is 0 Å². The predicted molar refractivity (Wildman–Crippen MR) is 155 cm³/mol. The van der Waals surface area contributed by atoms with Crippen LogP contribution < -0.4 is 0 Å². The zero-order valence-corrected chi connectivity index (χ0v) is 25.0. The molecule has 0 rings (SSSR count). The monoisotopic (exact) mass is 558 g/mol. The van der Waals surface area contributed by atoms with Crippen molar-refractivity contribution in [3.05, 3.63) is 25.3 Å². The Bertz CT molecular complexity index is 607. The summed E-state index contributed by atoms with van der Waals surface area (Å²) in [6, 6.07) is 0. The summed E-state index contributed by atoms with van der Waals surface area (Å²) >= 11 is 0. The van der Waals surface area contributed by atoms with Gasteiger partial charge < -0.3 is 18.5 Å². The Morgan fingerprint density at radius 1 is 0.553 bits per heavy atom. The van der Waals surface area contributed by atoms with E-state index in [4.69, 9.17) is 18.5 Å². The van der Waals surface area contributed by atoms with Crippen molar-refractivity contribution < 1.29 is 32.7 Å². The number of carbonyl (C=O) groups excluding carboxylic acids is 2. The number of hydrogen-bond donors (Lipinski definition) is 0. The topological polar surface area (TPSA) is 88.1 Å². The van der Waals surface area contributed by atoms with Crippen LogP contribution in [0.3, 0.4) is 0 Å². The molecular weight excluding hydrogens is 503 g/mol. The molecule has 0 aliphatic carbocycles. The molecule has 0 atom stereocenters. The molecule has 8 heteroatoms. The lowest BCUT2D eigenvalue weighted by molar-refractivity contribution is -0.138. The Morgan fingerprint density at radius 2 is 0.895 bits per heavy atom. The summed E-state index contributed by atoms with van der Waals surface area (Å²) in [5, 5.41) is 0. The summed E-state index contributed by atoms with van der Waals surface area (Å²) in [7, 11) is -3.05. The Kier molecular flexibility index (Phi) is 26.1. The first-order valence-corrected chi connectivity index (χ1v) is 16.7. The molecule has 0 spiro atoms. The Balaban J connectivity index is 4.05. The second kappa shape index (κ2) is 27.1. The number of ether oxygens (including phenoxy) is 2. The smallest absolute Gasteiger partial charge is 0.330 e. The summed E-state index contributed by atoms with van der Waals surface area (Å²) in [5.74, 6) is -0.731. The van der Waals surface area contributed by atoms with Gasteiger partial charge in [0.05, 0.1) is 32.6 Å². The van der Waals surface area contributed by atoms with Crippen molar-refractivity contribution in [1.29, 1.82) is 0 Å². The zero-order valence-electron chi connectivity index (χ0n) is 24.1. The van der Waals surface area contributed by atoms with Crippen LogP contribution in [0.1, 0.15) is 122 Å². The van der Waals surface area contributed by atoms with Gasteiger partial charge in [0.25, 0.3) is 0 Å². The quantitative estimate of drug-likeness (QED) is 0.0392. The minimum absolute atomic E-state index is 0.365. The standard InChI is InChI=1S/C30H55O7P/c1-4-7-8-9-18-23-28-38(33,36-26-21-16-12-10-14-19-24-34-29(31)5-2)37-27-22-17-13-11-15-20-25-35-30(32)6-3/h5-6H,2-4,7-28H2,1H3. The molecule has 0 bridgehead atoms. The van der Waals surface area contributed by atoms with E-state index in [1.54, 1.807) is 0 Å². The average Bonchev–Trinajstić information content (AvgIpc) is 2.92. The molecule has 0 saturated carbocycles. The van der Waals surface area contributed by atoms with Crippen molar-refractivity contribution in [3.8, 4) is 0 Å². The summed E-state index contributed by atoms with van der Waals surface area (Å²) in [6.07, 6.45) is 21.6. The highest BCUT2D eigenvalue weighted by atomic mass is 31.2. The van der Waals surface area contributed by atoms with E-state index in [0.717, 1.165) is 89.9 Å². The molecule has 38 heavy (non-hydrogen) atoms. The molecule has 0 saturated heterocycles. The second-order valence-corrected chi connectivity index (χ2v) is 11.9. The Hall–Kier alpha value is -1.43. The van der Waals surface area contributed by atoms with Gasteiger partial charge in [0.2, 0.25) is 0 Å². The lowest BCUT2D eigenvalue weighted by Crippen LogP contribution is -2.04. The predicted octanol–water partition coefficient (Wildman–Crippen LogP) is 8.71. The molecule has 0 fully saturated rings. The van der Waals surface area contributed by atoms with Gasteiger partial charge in [-0.05, 0) is 32.1 Å². The number of carbonyl (C=O) groups is 2. The molecule has 7 nitrogen and oxygen atoms in total. The molecule has 0 heterocycles. The van der Waals surface area contributed by atoms with E-state index in [1.807, 2.05) is 0 Å². The van der Waals surface area contributed by atoms with Gasteiger partial charge in [-0.2, -0.15) is 0 Å². The minimum atomic E-state index is -3.05. The van der Waals surface area contributed by atoms with Gasteiger partial charge in [-0.1, -0.05) is 104 Å². The van der Waals surface area contributed by atoms with Crippen molar-refractivity contribution in [2.24, 2.45) is 0 Å². The largest absolute Gasteiger partial charge is 0.463 e. The van der Waals surface area contributed by atoms with E-state index in [1.165, 1.54) is 37.8 Å². The van der Waals surface area contributed by atoms with E-state index in [0.29, 0.717) is 32.6 Å². The Labute approximate surface area is 232 Å². The lowest BCUT2D eigenvalue weighted by Gasteiger charge is -2.19. The van der Waals surface area contributed by atoms with Crippen LogP contribution in [0.5, 0.6) is 0 Å². The van der Waals surface area contributed by atoms with Crippen molar-refractivity contribution in [2.75, 3.05) is 32.6 Å². The molecule has 0 amide bonds. The number of esters is 2. The minimum Gasteiger partial charge on any atom is -0.463 e. The highest BCUT2D eigenvalue weighted by molar-refractivity contribution is 7.53. The van der Waals surface area contributed by atoms with Gasteiger partial charge in [-0.3, -0.25) is 4.57 Å². The molecule has 0 aliphatic rings. The summed E-state index contributed by atoms with van der Waals surface area (Å²) < 4.78 is 35.0. The second-order valence-electron chi connectivity index (χ2n) is 9.75. The number of unbranched alkanes of at least 4 members (excludes halogenated alkanes) is 15. The molecule has 0 radical (unpaired) electrons. The highest BCUT2D eigenvalue weighted by Crippen LogP contribution is 2.49. The van der Waals surface area contributed by atoms with Crippen LogP contribution in [0.15, 0.2) is 25.3 Å². The maximum atomic E-state index is 13.3. The van der Waals surface area contributed by atoms with E-state index in [2.05, 4.69) is 20.1 Å². The normalized spacial score (nSPS) is 11.3. The fourth-order valence-electron chi connectivity index (χ4n) is 3.95. The van der Waals surface area contributed by atoms with Crippen molar-refractivity contribution in [1.82, 2.24) is 0 Å². The van der Waals surface area contributed by atoms with Crippen LogP contribution in [0.25, 0.3) is 0 Å². The number of hydrogen-bond acceptors (Lipinski definition) is 7. The van der Waals surface area contributed by atoms with Gasteiger partial charge in [0.1, 0.15) is 0 Å². The van der Waals surface area contributed by atoms with Crippen LogP contribution in [0.4, 0.5) is 0 Å². The first-order chi connectivity index (χ1) is 18.5. The third-order valence-corrected chi connectivity index (χ3v) is 8.28. The van der Waals surface area contributed by atoms with Gasteiger partial charge in [-0.25, -0.2) is 9.59 Å². The molecular formula is C30H55O7P. The summed E-state index contributed by atoms with van der Waals surface area (Å²) in [5.41, 5.74) is 0. The van der Waals surface area contributed by atoms with Crippen LogP contribution in [-0.2, 0) is 32.7 Å². The van der Waals surface area contributed by atoms with Crippen LogP contribution in [0.2, 0.25) is 0 Å². The van der Waals surface area contributed by atoms with Crippen LogP contribution >= 0.6 is 7.60 Å². The van der Waals surface area contributed by atoms with E-state index in [9.17, 15) is 14.2 Å². The van der Waals surface area contributed by atoms with E-state index < -0.39 is 7.60 Å². The van der Waals surface area contributed by atoms with Crippen LogP contribution in [0, 0.1) is 0 Å². The third kappa shape index (κ3) is 24.9. The first-order valence-electron chi connectivity index (χ1n) is 14.9. The lowest BCUT2D eigenvalue weighted by atomic mass is 10.1. The molecule has 222 valence electrons. The van der Waals surface area contributed by atoms with Gasteiger partial charge in [-0.15, -0.1) is 0 Å². The maximum absolute atomic E-state index is 13.3. The SMILES string of the molecule is C=CC(=O)OCCCCCCCCOP(=O)(CCCCCCCC)OCCCCCCCCOC(=O)C=C. The number of rotatable bonds is 29. The molecule has 0 N–H and O–H groups in total. The van der Waals surface area contributed by atoms with Gasteiger partial charge in [0, 0.05) is 12.2 Å². The van der Waals surface area contributed by atoms with Crippen molar-refractivity contribution >= 4 is 19.5 Å². The van der Waals surface area contributed by atoms with E-state index in [-0.39, 0.29) is 11.9 Å². The van der Waals surface area contributed by atoms with Crippen LogP contribution in [-0.4, -0.2) is 44.5 Å². The summed E-state index contributed by atoms with van der Waals surface area (Å²) in [4.78, 5) is 22.0. The zero-order chi connectivity index (χ0) is 28.2. The molecule has 0 aromatic heterocycles. The fourth-order valence-corrected chi connectivity index (χ4v) is 5.70. The third-order valence-electron chi connectivity index (χ3n) is 6.26. The fraction of sp³-hybridized carbons (Fsp3) is 0.800. The van der Waals surface area contributed by atoms with Gasteiger partial charge in [0.15, 0.2) is 0 Å². The van der Waals surface area contributed by atoms with Gasteiger partial charge >= 0.3 is 19.5 Å².